The molecule has 2 aromatic rings. The summed E-state index contributed by atoms with van der Waals surface area (Å²) in [4.78, 5) is 0. The Kier molecular flexibility index (Phi) is 2.10. The molecule has 2 heterocycles. The van der Waals surface area contributed by atoms with Gasteiger partial charge in [-0.05, 0) is 19.9 Å². The Labute approximate surface area is 80.2 Å². The van der Waals surface area contributed by atoms with E-state index >= 15 is 0 Å². The maximum atomic E-state index is 4.27. The largest absolute Gasteiger partial charge is 0.266 e. The van der Waals surface area contributed by atoms with Crippen LogP contribution in [0.5, 0.6) is 0 Å². The minimum atomic E-state index is 0.722. The molecule has 0 spiro atoms. The Morgan fingerprint density at radius 3 is 2.77 bits per heavy atom. The van der Waals surface area contributed by atoms with E-state index in [1.54, 1.807) is 11.3 Å². The van der Waals surface area contributed by atoms with Crippen molar-refractivity contribution in [2.45, 2.75) is 20.4 Å². The SMILES string of the molecule is Cc1ccn(Cc2nnc(C)s2)n1. The number of aromatic nitrogens is 4. The van der Waals surface area contributed by atoms with Crippen LogP contribution in [-0.2, 0) is 6.54 Å². The van der Waals surface area contributed by atoms with Crippen LogP contribution < -0.4 is 0 Å². The van der Waals surface area contributed by atoms with Gasteiger partial charge in [-0.15, -0.1) is 10.2 Å². The zero-order valence-electron chi connectivity index (χ0n) is 7.56. The molecule has 0 saturated carbocycles. The van der Waals surface area contributed by atoms with Crippen LogP contribution in [0.4, 0.5) is 0 Å². The molecule has 68 valence electrons. The molecular formula is C8H10N4S. The molecule has 0 fully saturated rings. The monoisotopic (exact) mass is 194 g/mol. The molecule has 0 radical (unpaired) electrons. The fourth-order valence-electron chi connectivity index (χ4n) is 1.09. The van der Waals surface area contributed by atoms with Crippen molar-refractivity contribution in [1.82, 2.24) is 20.0 Å². The maximum absolute atomic E-state index is 4.27. The summed E-state index contributed by atoms with van der Waals surface area (Å²) in [7, 11) is 0. The van der Waals surface area contributed by atoms with Crippen LogP contribution in [0.1, 0.15) is 15.7 Å². The summed E-state index contributed by atoms with van der Waals surface area (Å²) >= 11 is 1.61. The Hall–Kier alpha value is -1.23. The Balaban J connectivity index is 2.14. The van der Waals surface area contributed by atoms with E-state index < -0.39 is 0 Å². The van der Waals surface area contributed by atoms with E-state index in [0.717, 1.165) is 22.3 Å². The standard InChI is InChI=1S/C8H10N4S/c1-6-3-4-12(11-6)5-8-10-9-7(2)13-8/h3-4H,5H2,1-2H3. The Morgan fingerprint density at radius 2 is 2.23 bits per heavy atom. The molecule has 0 aliphatic carbocycles. The summed E-state index contributed by atoms with van der Waals surface area (Å²) in [6.07, 6.45) is 1.95. The topological polar surface area (TPSA) is 43.6 Å². The molecule has 2 rings (SSSR count). The number of nitrogens with zero attached hydrogens (tertiary/aromatic N) is 4. The molecule has 0 saturated heterocycles. The van der Waals surface area contributed by atoms with Gasteiger partial charge in [0.1, 0.15) is 10.0 Å². The molecule has 0 aromatic carbocycles. The molecule has 0 unspecified atom stereocenters. The van der Waals surface area contributed by atoms with Gasteiger partial charge in [0.25, 0.3) is 0 Å². The van der Waals surface area contributed by atoms with Gasteiger partial charge in [0, 0.05) is 6.20 Å². The van der Waals surface area contributed by atoms with Crippen LogP contribution in [0.25, 0.3) is 0 Å². The summed E-state index contributed by atoms with van der Waals surface area (Å²) in [6, 6.07) is 1.98. The molecular weight excluding hydrogens is 184 g/mol. The van der Waals surface area contributed by atoms with Crippen molar-refractivity contribution in [1.29, 1.82) is 0 Å². The van der Waals surface area contributed by atoms with Crippen LogP contribution in [0.2, 0.25) is 0 Å². The molecule has 13 heavy (non-hydrogen) atoms. The normalized spacial score (nSPS) is 10.6. The lowest BCUT2D eigenvalue weighted by Crippen LogP contribution is -1.99. The molecule has 2 aromatic heterocycles. The van der Waals surface area contributed by atoms with Gasteiger partial charge in [-0.2, -0.15) is 5.10 Å². The van der Waals surface area contributed by atoms with Gasteiger partial charge in [-0.1, -0.05) is 11.3 Å². The summed E-state index contributed by atoms with van der Waals surface area (Å²) < 4.78 is 1.87. The zero-order valence-corrected chi connectivity index (χ0v) is 8.38. The second-order valence-electron chi connectivity index (χ2n) is 2.87. The third-order valence-electron chi connectivity index (χ3n) is 1.64. The molecule has 0 amide bonds. The highest BCUT2D eigenvalue weighted by atomic mass is 32.1. The van der Waals surface area contributed by atoms with Gasteiger partial charge in [-0.3, -0.25) is 4.68 Å². The Morgan fingerprint density at radius 1 is 1.38 bits per heavy atom. The average Bonchev–Trinajstić information content (AvgIpc) is 2.62. The first kappa shape index (κ1) is 8.37. The lowest BCUT2D eigenvalue weighted by molar-refractivity contribution is 0.670. The summed E-state index contributed by atoms with van der Waals surface area (Å²) in [5.74, 6) is 0. The second kappa shape index (κ2) is 3.26. The van der Waals surface area contributed by atoms with Gasteiger partial charge in [0.05, 0.1) is 12.2 Å². The van der Waals surface area contributed by atoms with E-state index in [0.29, 0.717) is 0 Å². The number of rotatable bonds is 2. The molecule has 0 aliphatic rings. The first-order chi connectivity index (χ1) is 6.24. The quantitative estimate of drug-likeness (QED) is 0.725. The predicted molar refractivity (Wildman–Crippen MR) is 50.7 cm³/mol. The second-order valence-corrected chi connectivity index (χ2v) is 4.14. The van der Waals surface area contributed by atoms with Crippen LogP contribution in [0.3, 0.4) is 0 Å². The van der Waals surface area contributed by atoms with Gasteiger partial charge in [0.2, 0.25) is 0 Å². The predicted octanol–water partition coefficient (Wildman–Crippen LogP) is 1.40. The van der Waals surface area contributed by atoms with Crippen molar-refractivity contribution in [3.05, 3.63) is 28.0 Å². The van der Waals surface area contributed by atoms with E-state index in [9.17, 15) is 0 Å². The van der Waals surface area contributed by atoms with Gasteiger partial charge < -0.3 is 0 Å². The van der Waals surface area contributed by atoms with Crippen LogP contribution >= 0.6 is 11.3 Å². The van der Waals surface area contributed by atoms with Crippen molar-refractivity contribution in [3.8, 4) is 0 Å². The third kappa shape index (κ3) is 1.92. The fraction of sp³-hybridized carbons (Fsp3) is 0.375. The third-order valence-corrected chi connectivity index (χ3v) is 2.46. The van der Waals surface area contributed by atoms with Crippen molar-refractivity contribution >= 4 is 11.3 Å². The highest BCUT2D eigenvalue weighted by molar-refractivity contribution is 7.11. The molecule has 0 atom stereocenters. The fourth-order valence-corrected chi connectivity index (χ4v) is 1.79. The number of aryl methyl sites for hydroxylation is 2. The van der Waals surface area contributed by atoms with Crippen LogP contribution in [0, 0.1) is 13.8 Å². The maximum Gasteiger partial charge on any atom is 0.139 e. The lowest BCUT2D eigenvalue weighted by Gasteiger charge is -1.94. The summed E-state index contributed by atoms with van der Waals surface area (Å²) in [6.45, 7) is 4.65. The molecule has 0 bridgehead atoms. The van der Waals surface area contributed by atoms with E-state index in [2.05, 4.69) is 15.3 Å². The number of hydrogen-bond acceptors (Lipinski definition) is 4. The summed E-state index contributed by atoms with van der Waals surface area (Å²) in [5.41, 5.74) is 1.03. The van der Waals surface area contributed by atoms with E-state index in [1.807, 2.05) is 30.8 Å². The van der Waals surface area contributed by atoms with E-state index in [1.165, 1.54) is 0 Å². The highest BCUT2D eigenvalue weighted by Crippen LogP contribution is 2.09. The zero-order chi connectivity index (χ0) is 9.26. The lowest BCUT2D eigenvalue weighted by atomic mass is 10.5. The van der Waals surface area contributed by atoms with E-state index in [4.69, 9.17) is 0 Å². The minimum Gasteiger partial charge on any atom is -0.266 e. The van der Waals surface area contributed by atoms with Crippen molar-refractivity contribution in [2.75, 3.05) is 0 Å². The van der Waals surface area contributed by atoms with Crippen LogP contribution in [0.15, 0.2) is 12.3 Å². The highest BCUT2D eigenvalue weighted by Gasteiger charge is 2.01. The number of hydrogen-bond donors (Lipinski definition) is 0. The first-order valence-electron chi connectivity index (χ1n) is 4.03. The van der Waals surface area contributed by atoms with Crippen LogP contribution in [-0.4, -0.2) is 20.0 Å². The molecule has 4 nitrogen and oxygen atoms in total. The first-order valence-corrected chi connectivity index (χ1v) is 4.85. The Bertz CT molecular complexity index is 365. The smallest absolute Gasteiger partial charge is 0.139 e. The van der Waals surface area contributed by atoms with Crippen molar-refractivity contribution < 1.29 is 0 Å². The average molecular weight is 194 g/mol. The summed E-state index contributed by atoms with van der Waals surface area (Å²) in [5, 5.41) is 14.2. The van der Waals surface area contributed by atoms with Gasteiger partial charge in [-0.25, -0.2) is 0 Å². The van der Waals surface area contributed by atoms with Gasteiger partial charge in [0.15, 0.2) is 0 Å². The van der Waals surface area contributed by atoms with Crippen molar-refractivity contribution in [2.24, 2.45) is 0 Å². The van der Waals surface area contributed by atoms with E-state index in [-0.39, 0.29) is 0 Å². The molecule has 0 N–H and O–H groups in total. The molecule has 0 aliphatic heterocycles. The minimum absolute atomic E-state index is 0.722. The van der Waals surface area contributed by atoms with Gasteiger partial charge >= 0.3 is 0 Å². The van der Waals surface area contributed by atoms with Crippen molar-refractivity contribution in [3.63, 3.8) is 0 Å². The molecule has 5 heteroatoms.